The molecule has 1 heterocycles. The van der Waals surface area contributed by atoms with Crippen molar-refractivity contribution in [3.8, 4) is 0 Å². The molecule has 112 valence electrons. The first-order valence-corrected chi connectivity index (χ1v) is 7.34. The van der Waals surface area contributed by atoms with E-state index in [-0.39, 0.29) is 12.6 Å². The van der Waals surface area contributed by atoms with Gasteiger partial charge in [-0.2, -0.15) is 0 Å². The summed E-state index contributed by atoms with van der Waals surface area (Å²) in [7, 11) is 0. The second-order valence-electron chi connectivity index (χ2n) is 5.85. The number of hydrogen-bond acceptors (Lipinski definition) is 3. The Balaban J connectivity index is 1.65. The van der Waals surface area contributed by atoms with Crippen LogP contribution in [-0.4, -0.2) is 34.7 Å². The summed E-state index contributed by atoms with van der Waals surface area (Å²) in [5.74, 6) is -0.775. The number of carboxylic acid groups (broad SMARTS) is 1. The van der Waals surface area contributed by atoms with Crippen molar-refractivity contribution in [3.63, 3.8) is 0 Å². The molecule has 1 amide bonds. The minimum Gasteiger partial charge on any atom is -0.481 e. The van der Waals surface area contributed by atoms with Crippen molar-refractivity contribution in [2.45, 2.75) is 38.3 Å². The van der Waals surface area contributed by atoms with Gasteiger partial charge in [-0.1, -0.05) is 36.8 Å². The molecule has 1 aromatic rings. The average molecular weight is 289 g/mol. The second kappa shape index (κ2) is 5.39. The van der Waals surface area contributed by atoms with Crippen molar-refractivity contribution in [3.05, 3.63) is 35.9 Å². The highest BCUT2D eigenvalue weighted by molar-refractivity contribution is 5.79. The van der Waals surface area contributed by atoms with Crippen molar-refractivity contribution in [2.75, 3.05) is 6.54 Å². The minimum absolute atomic E-state index is 0.210. The summed E-state index contributed by atoms with van der Waals surface area (Å²) in [6.45, 7) is 0.702. The number of fused-ring (bicyclic) bond motifs is 1. The fourth-order valence-electron chi connectivity index (χ4n) is 3.65. The Morgan fingerprint density at radius 3 is 2.76 bits per heavy atom. The zero-order valence-electron chi connectivity index (χ0n) is 11.8. The van der Waals surface area contributed by atoms with E-state index in [2.05, 4.69) is 0 Å². The predicted octanol–water partition coefficient (Wildman–Crippen LogP) is 2.65. The number of rotatable bonds is 3. The van der Waals surface area contributed by atoms with Crippen LogP contribution < -0.4 is 0 Å². The normalized spacial score (nSPS) is 27.4. The monoisotopic (exact) mass is 289 g/mol. The van der Waals surface area contributed by atoms with Gasteiger partial charge in [0.25, 0.3) is 0 Å². The van der Waals surface area contributed by atoms with Crippen molar-refractivity contribution in [1.29, 1.82) is 0 Å². The molecule has 0 aromatic heterocycles. The van der Waals surface area contributed by atoms with E-state index >= 15 is 0 Å². The summed E-state index contributed by atoms with van der Waals surface area (Å²) >= 11 is 0. The maximum atomic E-state index is 12.2. The highest BCUT2D eigenvalue weighted by Gasteiger charge is 2.57. The van der Waals surface area contributed by atoms with E-state index < -0.39 is 17.5 Å². The molecule has 1 aliphatic carbocycles. The average Bonchev–Trinajstić information content (AvgIpc) is 3.05. The standard InChI is InChI=1S/C16H19NO4/c18-14(19)16-8-4-7-13(16)17(10-9-16)15(20)21-11-12-5-2-1-3-6-12/h1-3,5-6,13H,4,7-11H2,(H,18,19)/t13-,16+/m1/s1. The number of likely N-dealkylation sites (tertiary alicyclic amines) is 1. The topological polar surface area (TPSA) is 66.8 Å². The number of amides is 1. The lowest BCUT2D eigenvalue weighted by Gasteiger charge is -2.28. The van der Waals surface area contributed by atoms with Crippen LogP contribution in [0.3, 0.4) is 0 Å². The van der Waals surface area contributed by atoms with Crippen molar-refractivity contribution in [2.24, 2.45) is 5.41 Å². The molecule has 1 aromatic carbocycles. The highest BCUT2D eigenvalue weighted by Crippen LogP contribution is 2.49. The third-order valence-corrected chi connectivity index (χ3v) is 4.78. The number of hydrogen-bond donors (Lipinski definition) is 1. The molecule has 0 spiro atoms. The van der Waals surface area contributed by atoms with Gasteiger partial charge in [-0.05, 0) is 24.8 Å². The van der Waals surface area contributed by atoms with Gasteiger partial charge in [0.15, 0.2) is 0 Å². The predicted molar refractivity (Wildman–Crippen MR) is 75.7 cm³/mol. The SMILES string of the molecule is O=C(OCc1ccccc1)N1CC[C@@]2(C(=O)O)CCC[C@@H]12. The molecular weight excluding hydrogens is 270 g/mol. The van der Waals surface area contributed by atoms with Crippen LogP contribution >= 0.6 is 0 Å². The number of nitrogens with zero attached hydrogens (tertiary/aromatic N) is 1. The largest absolute Gasteiger partial charge is 0.481 e. The van der Waals surface area contributed by atoms with E-state index in [1.807, 2.05) is 30.3 Å². The van der Waals surface area contributed by atoms with E-state index in [4.69, 9.17) is 4.74 Å². The third kappa shape index (κ3) is 2.37. The molecule has 2 fully saturated rings. The minimum atomic E-state index is -0.775. The van der Waals surface area contributed by atoms with Gasteiger partial charge < -0.3 is 14.7 Å². The first kappa shape index (κ1) is 13.9. The lowest BCUT2D eigenvalue weighted by atomic mass is 9.82. The van der Waals surface area contributed by atoms with Crippen LogP contribution in [0, 0.1) is 5.41 Å². The Bertz CT molecular complexity index is 544. The van der Waals surface area contributed by atoms with Gasteiger partial charge in [0, 0.05) is 6.54 Å². The summed E-state index contributed by atoms with van der Waals surface area (Å²) in [5.41, 5.74) is 0.187. The molecule has 1 saturated carbocycles. The summed E-state index contributed by atoms with van der Waals surface area (Å²) in [6.07, 6.45) is 2.42. The Morgan fingerprint density at radius 1 is 1.29 bits per heavy atom. The van der Waals surface area contributed by atoms with Gasteiger partial charge >= 0.3 is 12.1 Å². The van der Waals surface area contributed by atoms with Crippen LogP contribution in [0.5, 0.6) is 0 Å². The smallest absolute Gasteiger partial charge is 0.410 e. The quantitative estimate of drug-likeness (QED) is 0.929. The maximum absolute atomic E-state index is 12.2. The van der Waals surface area contributed by atoms with Crippen LogP contribution in [0.2, 0.25) is 0 Å². The van der Waals surface area contributed by atoms with Crippen LogP contribution in [-0.2, 0) is 16.1 Å². The maximum Gasteiger partial charge on any atom is 0.410 e. The Kier molecular flexibility index (Phi) is 3.57. The molecule has 2 aliphatic rings. The van der Waals surface area contributed by atoms with E-state index in [1.165, 1.54) is 0 Å². The van der Waals surface area contributed by atoms with E-state index in [1.54, 1.807) is 4.90 Å². The zero-order valence-corrected chi connectivity index (χ0v) is 11.8. The van der Waals surface area contributed by atoms with Gasteiger partial charge in [-0.3, -0.25) is 4.79 Å². The molecule has 0 radical (unpaired) electrons. The molecule has 3 rings (SSSR count). The number of aliphatic carboxylic acids is 1. The summed E-state index contributed by atoms with van der Waals surface area (Å²) in [4.78, 5) is 25.4. The number of carbonyl (C=O) groups excluding carboxylic acids is 1. The lowest BCUT2D eigenvalue weighted by Crippen LogP contribution is -2.43. The third-order valence-electron chi connectivity index (χ3n) is 4.78. The van der Waals surface area contributed by atoms with E-state index in [0.29, 0.717) is 19.4 Å². The van der Waals surface area contributed by atoms with Gasteiger partial charge in [-0.25, -0.2) is 4.79 Å². The first-order chi connectivity index (χ1) is 10.1. The van der Waals surface area contributed by atoms with Gasteiger partial charge in [0.1, 0.15) is 6.61 Å². The molecule has 0 bridgehead atoms. The van der Waals surface area contributed by atoms with Crippen molar-refractivity contribution >= 4 is 12.1 Å². The Hall–Kier alpha value is -2.04. The highest BCUT2D eigenvalue weighted by atomic mass is 16.6. The number of carboxylic acids is 1. The molecule has 5 nitrogen and oxygen atoms in total. The van der Waals surface area contributed by atoms with Crippen LogP contribution in [0.15, 0.2) is 30.3 Å². The molecule has 0 unspecified atom stereocenters. The van der Waals surface area contributed by atoms with Crippen LogP contribution in [0.25, 0.3) is 0 Å². The van der Waals surface area contributed by atoms with Gasteiger partial charge in [0.2, 0.25) is 0 Å². The number of ether oxygens (including phenoxy) is 1. The summed E-state index contributed by atoms with van der Waals surface area (Å²) in [5, 5.41) is 9.50. The van der Waals surface area contributed by atoms with Crippen LogP contribution in [0.4, 0.5) is 4.79 Å². The first-order valence-electron chi connectivity index (χ1n) is 7.34. The van der Waals surface area contributed by atoms with Gasteiger partial charge in [-0.15, -0.1) is 0 Å². The lowest BCUT2D eigenvalue weighted by molar-refractivity contribution is -0.149. The second-order valence-corrected chi connectivity index (χ2v) is 5.85. The van der Waals surface area contributed by atoms with Crippen molar-refractivity contribution < 1.29 is 19.4 Å². The zero-order chi connectivity index (χ0) is 14.9. The van der Waals surface area contributed by atoms with Gasteiger partial charge in [0.05, 0.1) is 11.5 Å². The Labute approximate surface area is 123 Å². The molecule has 1 saturated heterocycles. The molecule has 1 aliphatic heterocycles. The fourth-order valence-corrected chi connectivity index (χ4v) is 3.65. The molecule has 1 N–H and O–H groups in total. The fraction of sp³-hybridized carbons (Fsp3) is 0.500. The Morgan fingerprint density at radius 2 is 2.05 bits per heavy atom. The van der Waals surface area contributed by atoms with E-state index in [0.717, 1.165) is 18.4 Å². The molecule has 2 atom stereocenters. The molecular formula is C16H19NO4. The van der Waals surface area contributed by atoms with Crippen LogP contribution in [0.1, 0.15) is 31.2 Å². The number of carbonyl (C=O) groups is 2. The summed E-state index contributed by atoms with van der Waals surface area (Å²) < 4.78 is 5.34. The number of benzene rings is 1. The molecule has 21 heavy (non-hydrogen) atoms. The van der Waals surface area contributed by atoms with Crippen molar-refractivity contribution in [1.82, 2.24) is 4.90 Å². The van der Waals surface area contributed by atoms with E-state index in [9.17, 15) is 14.7 Å². The summed E-state index contributed by atoms with van der Waals surface area (Å²) in [6, 6.07) is 9.28. The molecule has 5 heteroatoms.